The summed E-state index contributed by atoms with van der Waals surface area (Å²) in [6.45, 7) is 5.29. The Morgan fingerprint density at radius 2 is 1.79 bits per heavy atom. The maximum absolute atomic E-state index is 10.2. The summed E-state index contributed by atoms with van der Waals surface area (Å²) in [6, 6.07) is 6.33. The number of rotatable bonds is 4. The van der Waals surface area contributed by atoms with Crippen LogP contribution in [0.1, 0.15) is 90.2 Å². The third-order valence-corrected chi connectivity index (χ3v) is 10.5. The van der Waals surface area contributed by atoms with Gasteiger partial charge in [-0.25, -0.2) is 0 Å². The molecule has 1 heterocycles. The second-order valence-corrected chi connectivity index (χ2v) is 11.6. The van der Waals surface area contributed by atoms with Gasteiger partial charge in [-0.05, 0) is 130 Å². The molecule has 2 heteroatoms. The Balaban J connectivity index is 1.26. The van der Waals surface area contributed by atoms with Crippen LogP contribution in [0.3, 0.4) is 0 Å². The largest absolute Gasteiger partial charge is 0.393 e. The highest BCUT2D eigenvalue weighted by Crippen LogP contribution is 2.67. The summed E-state index contributed by atoms with van der Waals surface area (Å²) in [7, 11) is 0. The van der Waals surface area contributed by atoms with Gasteiger partial charge >= 0.3 is 0 Å². The topological polar surface area (TPSA) is 33.1 Å². The normalized spacial score (nSPS) is 46.6. The molecule has 160 valence electrons. The standard InChI is InChI=1S/C27H41NO/c1-26-16-14-25-23(11-9-20-18-22(29)13-15-27(20,25)2)24(26)12-10-19(26)6-5-8-21-7-3-4-17-28-21/h3-4,7,17,19-20,22-25,29H,5-6,8-16,18H2,1-2H3. The summed E-state index contributed by atoms with van der Waals surface area (Å²) in [4.78, 5) is 4.53. The van der Waals surface area contributed by atoms with Crippen molar-refractivity contribution in [3.05, 3.63) is 30.1 Å². The number of aryl methyl sites for hydroxylation is 1. The molecule has 0 spiro atoms. The number of hydrogen-bond acceptors (Lipinski definition) is 2. The number of aromatic nitrogens is 1. The molecule has 0 bridgehead atoms. The van der Waals surface area contributed by atoms with Gasteiger partial charge in [0, 0.05) is 11.9 Å². The molecule has 4 aliphatic carbocycles. The highest BCUT2D eigenvalue weighted by molar-refractivity contribution is 5.09. The van der Waals surface area contributed by atoms with Gasteiger partial charge in [0.2, 0.25) is 0 Å². The van der Waals surface area contributed by atoms with Crippen LogP contribution in [-0.2, 0) is 6.42 Å². The average molecular weight is 396 g/mol. The van der Waals surface area contributed by atoms with Crippen LogP contribution in [0.5, 0.6) is 0 Å². The Morgan fingerprint density at radius 1 is 0.966 bits per heavy atom. The SMILES string of the molecule is CC12CCC3C(CCC4CC(O)CCC43C)C1CCC2CCCc1ccccn1. The fourth-order valence-electron chi connectivity index (χ4n) is 8.89. The van der Waals surface area contributed by atoms with E-state index in [0.29, 0.717) is 10.8 Å². The summed E-state index contributed by atoms with van der Waals surface area (Å²) in [5, 5.41) is 10.2. The molecule has 0 aliphatic heterocycles. The zero-order chi connectivity index (χ0) is 20.1. The van der Waals surface area contributed by atoms with E-state index in [-0.39, 0.29) is 6.10 Å². The van der Waals surface area contributed by atoms with Gasteiger partial charge in [-0.15, -0.1) is 0 Å². The van der Waals surface area contributed by atoms with Crippen molar-refractivity contribution >= 4 is 0 Å². The summed E-state index contributed by atoms with van der Waals surface area (Å²) in [5.74, 6) is 4.57. The third kappa shape index (κ3) is 3.38. The molecule has 0 aromatic carbocycles. The van der Waals surface area contributed by atoms with E-state index in [2.05, 4.69) is 31.0 Å². The van der Waals surface area contributed by atoms with E-state index in [0.717, 1.165) is 48.9 Å². The Kier molecular flexibility index (Phi) is 5.29. The Morgan fingerprint density at radius 3 is 2.62 bits per heavy atom. The quantitative estimate of drug-likeness (QED) is 0.638. The minimum atomic E-state index is -0.0200. The van der Waals surface area contributed by atoms with Gasteiger partial charge in [-0.1, -0.05) is 19.9 Å². The van der Waals surface area contributed by atoms with Crippen LogP contribution in [0.2, 0.25) is 0 Å². The van der Waals surface area contributed by atoms with Gasteiger partial charge in [0.25, 0.3) is 0 Å². The van der Waals surface area contributed by atoms with E-state index in [1.807, 2.05) is 12.3 Å². The van der Waals surface area contributed by atoms with Crippen LogP contribution in [0, 0.1) is 40.4 Å². The van der Waals surface area contributed by atoms with Gasteiger partial charge in [0.05, 0.1) is 6.10 Å². The van der Waals surface area contributed by atoms with Crippen molar-refractivity contribution in [2.24, 2.45) is 40.4 Å². The molecule has 4 saturated carbocycles. The molecule has 1 aromatic heterocycles. The van der Waals surface area contributed by atoms with Crippen molar-refractivity contribution in [2.45, 2.75) is 97.0 Å². The molecule has 8 atom stereocenters. The molecule has 4 fully saturated rings. The lowest BCUT2D eigenvalue weighted by atomic mass is 9.44. The van der Waals surface area contributed by atoms with Crippen LogP contribution in [0.25, 0.3) is 0 Å². The molecule has 1 aromatic rings. The molecular formula is C27H41NO. The Bertz CT molecular complexity index is 704. The molecular weight excluding hydrogens is 354 g/mol. The number of fused-ring (bicyclic) bond motifs is 5. The molecule has 8 unspecified atom stereocenters. The zero-order valence-corrected chi connectivity index (χ0v) is 18.7. The smallest absolute Gasteiger partial charge is 0.0543 e. The number of pyridine rings is 1. The van der Waals surface area contributed by atoms with Gasteiger partial charge < -0.3 is 5.11 Å². The molecule has 0 radical (unpaired) electrons. The van der Waals surface area contributed by atoms with Gasteiger partial charge in [-0.3, -0.25) is 4.98 Å². The van der Waals surface area contributed by atoms with Crippen LogP contribution in [0.4, 0.5) is 0 Å². The van der Waals surface area contributed by atoms with E-state index >= 15 is 0 Å². The summed E-state index contributed by atoms with van der Waals surface area (Å²) >= 11 is 0. The van der Waals surface area contributed by atoms with Crippen molar-refractivity contribution in [3.8, 4) is 0 Å². The van der Waals surface area contributed by atoms with Crippen LogP contribution >= 0.6 is 0 Å². The summed E-state index contributed by atoms with van der Waals surface area (Å²) in [5.41, 5.74) is 2.37. The van der Waals surface area contributed by atoms with Gasteiger partial charge in [-0.2, -0.15) is 0 Å². The van der Waals surface area contributed by atoms with Gasteiger partial charge in [0.1, 0.15) is 0 Å². The van der Waals surface area contributed by atoms with E-state index in [1.54, 1.807) is 0 Å². The summed E-state index contributed by atoms with van der Waals surface area (Å²) in [6.07, 6.45) is 17.8. The number of aliphatic hydroxyl groups is 1. The predicted octanol–water partition coefficient (Wildman–Crippen LogP) is 6.42. The number of hydrogen-bond donors (Lipinski definition) is 1. The number of aliphatic hydroxyl groups excluding tert-OH is 1. The Labute approximate surface area is 177 Å². The molecule has 0 saturated heterocycles. The average Bonchev–Trinajstić information content (AvgIpc) is 3.06. The first-order valence-electron chi connectivity index (χ1n) is 12.6. The minimum absolute atomic E-state index is 0.0200. The van der Waals surface area contributed by atoms with Crippen molar-refractivity contribution < 1.29 is 5.11 Å². The van der Waals surface area contributed by atoms with Crippen molar-refractivity contribution in [1.82, 2.24) is 4.98 Å². The molecule has 0 amide bonds. The van der Waals surface area contributed by atoms with Crippen LogP contribution in [-0.4, -0.2) is 16.2 Å². The minimum Gasteiger partial charge on any atom is -0.393 e. The monoisotopic (exact) mass is 395 g/mol. The van der Waals surface area contributed by atoms with Crippen LogP contribution in [0.15, 0.2) is 24.4 Å². The highest BCUT2D eigenvalue weighted by atomic mass is 16.3. The first-order chi connectivity index (χ1) is 14.0. The molecule has 2 nitrogen and oxygen atoms in total. The second kappa shape index (κ2) is 7.66. The van der Waals surface area contributed by atoms with E-state index < -0.39 is 0 Å². The molecule has 5 rings (SSSR count). The van der Waals surface area contributed by atoms with Gasteiger partial charge in [0.15, 0.2) is 0 Å². The fourth-order valence-corrected chi connectivity index (χ4v) is 8.89. The Hall–Kier alpha value is -0.890. The lowest BCUT2D eigenvalue weighted by molar-refractivity contribution is -0.126. The third-order valence-electron chi connectivity index (χ3n) is 10.5. The maximum atomic E-state index is 10.2. The molecule has 4 aliphatic rings. The van der Waals surface area contributed by atoms with Crippen molar-refractivity contribution in [3.63, 3.8) is 0 Å². The molecule has 1 N–H and O–H groups in total. The molecule has 29 heavy (non-hydrogen) atoms. The fraction of sp³-hybridized carbons (Fsp3) is 0.815. The van der Waals surface area contributed by atoms with E-state index in [4.69, 9.17) is 0 Å². The number of nitrogens with zero attached hydrogens (tertiary/aromatic N) is 1. The maximum Gasteiger partial charge on any atom is 0.0543 e. The first kappa shape index (κ1) is 20.0. The lowest BCUT2D eigenvalue weighted by Crippen LogP contribution is -2.53. The lowest BCUT2D eigenvalue weighted by Gasteiger charge is -2.61. The first-order valence-corrected chi connectivity index (χ1v) is 12.6. The second-order valence-electron chi connectivity index (χ2n) is 11.6. The summed E-state index contributed by atoms with van der Waals surface area (Å²) < 4.78 is 0. The van der Waals surface area contributed by atoms with E-state index in [1.165, 1.54) is 63.5 Å². The predicted molar refractivity (Wildman–Crippen MR) is 118 cm³/mol. The zero-order valence-electron chi connectivity index (χ0n) is 18.7. The van der Waals surface area contributed by atoms with Crippen molar-refractivity contribution in [1.29, 1.82) is 0 Å². The highest BCUT2D eigenvalue weighted by Gasteiger charge is 2.59. The van der Waals surface area contributed by atoms with E-state index in [9.17, 15) is 5.11 Å². The van der Waals surface area contributed by atoms with Crippen LogP contribution < -0.4 is 0 Å². The van der Waals surface area contributed by atoms with Crippen molar-refractivity contribution in [2.75, 3.05) is 0 Å².